The number of carbonyl (C=O) groups is 2. The minimum Gasteiger partial charge on any atom is -0.459 e. The minimum atomic E-state index is -1.89. The van der Waals surface area contributed by atoms with Gasteiger partial charge in [-0.2, -0.15) is 0 Å². The number of nitrogens with zero attached hydrogens (tertiary/aromatic N) is 5. The van der Waals surface area contributed by atoms with Crippen LogP contribution in [0.5, 0.6) is 0 Å². The number of benzene rings is 1. The number of likely N-dealkylation sites (N-methyl/N-ethyl adjacent to an activating group) is 1. The number of aliphatic hydroxyl groups excluding tert-OH is 1. The molecule has 1 aromatic carbocycles. The summed E-state index contributed by atoms with van der Waals surface area (Å²) in [7, 11) is 7.50. The number of non-ortho nitro benzene ring substituents is 1. The summed E-state index contributed by atoms with van der Waals surface area (Å²) in [5, 5.41) is 41.1. The molecular weight excluding hydrogens is 815 g/mol. The van der Waals surface area contributed by atoms with Crippen molar-refractivity contribution in [2.45, 2.75) is 142 Å². The molecule has 2 saturated heterocycles. The number of oxime groups is 1. The first-order valence-electron chi connectivity index (χ1n) is 22.4. The number of methoxy groups -OCH3 is 1. The molecule has 0 radical (unpaired) electrons. The van der Waals surface area contributed by atoms with E-state index in [1.807, 2.05) is 51.0 Å². The Morgan fingerprint density at radius 1 is 1.03 bits per heavy atom. The molecule has 0 aromatic heterocycles. The quantitative estimate of drug-likeness (QED) is 0.0603. The second kappa shape index (κ2) is 22.9. The van der Waals surface area contributed by atoms with Crippen molar-refractivity contribution < 1.29 is 48.5 Å². The van der Waals surface area contributed by atoms with Crippen LogP contribution in [-0.4, -0.2) is 150 Å². The number of esters is 1. The Balaban J connectivity index is 1.54. The van der Waals surface area contributed by atoms with E-state index in [1.165, 1.54) is 26.0 Å². The summed E-state index contributed by atoms with van der Waals surface area (Å²) in [6.07, 6.45) is 0.920. The number of carbonyl (C=O) groups excluding carboxylic acids is 2. The van der Waals surface area contributed by atoms with Crippen molar-refractivity contribution in [3.8, 4) is 0 Å². The second-order valence-electron chi connectivity index (χ2n) is 18.5. The lowest BCUT2D eigenvalue weighted by Gasteiger charge is -2.46. The smallest absolute Gasteiger partial charge is 0.316 e. The number of nitro groups is 1. The van der Waals surface area contributed by atoms with Crippen LogP contribution < -0.4 is 11.0 Å². The van der Waals surface area contributed by atoms with Gasteiger partial charge in [0, 0.05) is 87.4 Å². The maximum absolute atomic E-state index is 14.4. The SMILES string of the molecule is CC[C@H]1OC(=O)C(C)C(=O)[C@H](C)[C@@H](OC2CC(N(C)CCC3=CN(CCc4ccc([N+](=O)[O-])cc4)NN3)CC(C)O2)[C@](C)(OC)C[C@@H](C)/C(=N\OCCN(C)C)C(C)C(O)[C@]1(C)O. The third-order valence-corrected chi connectivity index (χ3v) is 13.2. The number of Topliss-reactive ketones (excluding diaryl/α,β-unsaturated/α-hetero) is 1. The molecule has 2 fully saturated rings. The first kappa shape index (κ1) is 51.9. The molecular formula is C45H75N7O11. The number of hydrogen-bond acceptors (Lipinski definition) is 17. The van der Waals surface area contributed by atoms with E-state index < -0.39 is 76.2 Å². The largest absolute Gasteiger partial charge is 0.459 e. The maximum Gasteiger partial charge on any atom is 0.316 e. The molecule has 4 rings (SSSR count). The number of ketones is 1. The highest BCUT2D eigenvalue weighted by atomic mass is 16.7. The van der Waals surface area contributed by atoms with Gasteiger partial charge in [0.1, 0.15) is 24.2 Å². The number of rotatable bonds is 16. The molecule has 12 atom stereocenters. The number of nitrogens with one attached hydrogen (secondary N) is 2. The third kappa shape index (κ3) is 13.6. The van der Waals surface area contributed by atoms with Crippen LogP contribution in [0.15, 0.2) is 41.3 Å². The van der Waals surface area contributed by atoms with E-state index >= 15 is 0 Å². The summed E-state index contributed by atoms with van der Waals surface area (Å²) in [5.41, 5.74) is 5.97. The Labute approximate surface area is 373 Å². The molecule has 3 aliphatic rings. The van der Waals surface area contributed by atoms with Gasteiger partial charge in [-0.1, -0.05) is 45.0 Å². The molecule has 1 aromatic rings. The summed E-state index contributed by atoms with van der Waals surface area (Å²) >= 11 is 0. The first-order valence-corrected chi connectivity index (χ1v) is 22.4. The van der Waals surface area contributed by atoms with Gasteiger partial charge in [-0.05, 0) is 80.1 Å². The van der Waals surface area contributed by atoms with Crippen molar-refractivity contribution in [2.24, 2.45) is 28.8 Å². The molecule has 4 N–H and O–H groups in total. The van der Waals surface area contributed by atoms with Crippen molar-refractivity contribution in [3.63, 3.8) is 0 Å². The van der Waals surface area contributed by atoms with Crippen LogP contribution in [0.3, 0.4) is 0 Å². The normalized spacial score (nSPS) is 34.4. The van der Waals surface area contributed by atoms with Gasteiger partial charge in [0.2, 0.25) is 0 Å². The zero-order valence-corrected chi connectivity index (χ0v) is 39.5. The Kier molecular flexibility index (Phi) is 18.9. The Morgan fingerprint density at radius 3 is 2.33 bits per heavy atom. The number of hydrazine groups is 2. The lowest BCUT2D eigenvalue weighted by Crippen LogP contribution is -2.58. The molecule has 18 heteroatoms. The first-order chi connectivity index (χ1) is 29.6. The van der Waals surface area contributed by atoms with Crippen LogP contribution in [-0.2, 0) is 39.8 Å². The van der Waals surface area contributed by atoms with Gasteiger partial charge in [0.05, 0.1) is 34.5 Å². The Morgan fingerprint density at radius 2 is 1.71 bits per heavy atom. The summed E-state index contributed by atoms with van der Waals surface area (Å²) in [5.74, 6) is -4.42. The lowest BCUT2D eigenvalue weighted by atomic mass is 9.74. The Hall–Kier alpha value is -3.75. The van der Waals surface area contributed by atoms with Crippen LogP contribution in [0, 0.1) is 33.8 Å². The average molecular weight is 890 g/mol. The fourth-order valence-corrected chi connectivity index (χ4v) is 9.00. The number of hydrogen-bond donors (Lipinski definition) is 4. The molecule has 63 heavy (non-hydrogen) atoms. The lowest BCUT2D eigenvalue weighted by molar-refractivity contribution is -0.384. The number of aliphatic hydroxyl groups is 2. The fraction of sp³-hybridized carbons (Fsp3) is 0.756. The van der Waals surface area contributed by atoms with Crippen LogP contribution in [0.2, 0.25) is 0 Å². The molecule has 18 nitrogen and oxygen atoms in total. The van der Waals surface area contributed by atoms with E-state index in [2.05, 4.69) is 28.1 Å². The van der Waals surface area contributed by atoms with Gasteiger partial charge in [-0.3, -0.25) is 24.7 Å². The molecule has 0 aliphatic carbocycles. The average Bonchev–Trinajstić information content (AvgIpc) is 3.71. The standard InChI is InChI=1S/C45H75N7O11/c1-13-37-45(8,56)41(54)30(4)39(47-60-23-22-49(9)10)28(2)26-44(7,59-12)42(31(5)40(53)32(6)43(55)62-37)63-38-25-36(24-29(3)61-38)50(11)20-19-34-27-51(48-46-34)21-18-33-14-16-35(17-15-33)52(57)58/h14-17,27-32,36-38,41-42,46,48,54,56H,13,18-26H2,1-12H3/b47-39+/t28-,29?,30?,31+,32?,36?,37-,38?,41?,42-,44-,45-/m1/s1. The zero-order valence-electron chi connectivity index (χ0n) is 39.5. The van der Waals surface area contributed by atoms with Gasteiger partial charge >= 0.3 is 5.97 Å². The maximum atomic E-state index is 14.4. The number of cyclic esters (lactones) is 1. The summed E-state index contributed by atoms with van der Waals surface area (Å²) < 4.78 is 25.5. The zero-order chi connectivity index (χ0) is 46.8. The third-order valence-electron chi connectivity index (χ3n) is 13.2. The van der Waals surface area contributed by atoms with E-state index in [-0.39, 0.29) is 37.3 Å². The molecule has 0 bridgehead atoms. The van der Waals surface area contributed by atoms with E-state index in [4.69, 9.17) is 23.8 Å². The monoisotopic (exact) mass is 890 g/mol. The number of ether oxygens (including phenoxy) is 4. The molecule has 356 valence electrons. The van der Waals surface area contributed by atoms with Crippen molar-refractivity contribution in [3.05, 3.63) is 51.8 Å². The van der Waals surface area contributed by atoms with Crippen LogP contribution >= 0.6 is 0 Å². The van der Waals surface area contributed by atoms with Gasteiger partial charge in [-0.15, -0.1) is 5.53 Å². The fourth-order valence-electron chi connectivity index (χ4n) is 9.00. The topological polar surface area (TPSA) is 210 Å². The number of nitro benzene ring substituents is 1. The van der Waals surface area contributed by atoms with Gasteiger partial charge in [0.25, 0.3) is 5.69 Å². The summed E-state index contributed by atoms with van der Waals surface area (Å²) in [4.78, 5) is 48.7. The van der Waals surface area contributed by atoms with E-state index in [1.54, 1.807) is 40.0 Å². The van der Waals surface area contributed by atoms with Crippen LogP contribution in [0.25, 0.3) is 0 Å². The van der Waals surface area contributed by atoms with Crippen molar-refractivity contribution >= 4 is 23.2 Å². The van der Waals surface area contributed by atoms with Crippen molar-refractivity contribution in [1.29, 1.82) is 0 Å². The molecule has 0 amide bonds. The van der Waals surface area contributed by atoms with Gasteiger partial charge in [-0.25, -0.2) is 0 Å². The predicted octanol–water partition coefficient (Wildman–Crippen LogP) is 4.19. The molecule has 3 heterocycles. The Bertz CT molecular complexity index is 1730. The molecule has 6 unspecified atom stereocenters. The van der Waals surface area contributed by atoms with E-state index in [0.717, 1.165) is 30.6 Å². The van der Waals surface area contributed by atoms with Crippen molar-refractivity contribution in [2.75, 3.05) is 54.5 Å². The van der Waals surface area contributed by atoms with Crippen LogP contribution in [0.4, 0.5) is 5.69 Å². The molecule has 0 spiro atoms. The minimum absolute atomic E-state index is 0.0711. The molecule has 3 aliphatic heterocycles. The van der Waals surface area contributed by atoms with E-state index in [0.29, 0.717) is 31.6 Å². The summed E-state index contributed by atoms with van der Waals surface area (Å²) in [6.45, 7) is 16.3. The highest BCUT2D eigenvalue weighted by molar-refractivity contribution is 6.00. The second-order valence-corrected chi connectivity index (χ2v) is 18.5. The van der Waals surface area contributed by atoms with Gasteiger partial charge < -0.3 is 49.2 Å². The molecule has 0 saturated carbocycles. The van der Waals surface area contributed by atoms with E-state index in [9.17, 15) is 29.9 Å². The van der Waals surface area contributed by atoms with Crippen molar-refractivity contribution in [1.82, 2.24) is 25.8 Å². The summed E-state index contributed by atoms with van der Waals surface area (Å²) in [6, 6.07) is 6.67. The highest BCUT2D eigenvalue weighted by Crippen LogP contribution is 2.38. The predicted molar refractivity (Wildman–Crippen MR) is 238 cm³/mol. The highest BCUT2D eigenvalue weighted by Gasteiger charge is 2.51. The van der Waals surface area contributed by atoms with Gasteiger partial charge in [0.15, 0.2) is 12.1 Å². The van der Waals surface area contributed by atoms with Crippen LogP contribution in [0.1, 0.15) is 93.1 Å².